The van der Waals surface area contributed by atoms with Crippen LogP contribution in [-0.2, 0) is 3.07 Å². The molecule has 1 N–H and O–H groups in total. The third kappa shape index (κ3) is 5.90. The van der Waals surface area contributed by atoms with Crippen LogP contribution in [0.3, 0.4) is 0 Å². The molecule has 0 aromatic heterocycles. The number of hydrogen-bond acceptors (Lipinski definition) is 3. The molecule has 6 heteroatoms. The second-order valence-corrected chi connectivity index (χ2v) is 4.40. The zero-order valence-corrected chi connectivity index (χ0v) is 14.7. The minimum atomic E-state index is 0.682. The van der Waals surface area contributed by atoms with E-state index in [2.05, 4.69) is 11.9 Å². The van der Waals surface area contributed by atoms with Crippen molar-refractivity contribution in [2.45, 2.75) is 0 Å². The monoisotopic (exact) mass is 480 g/mol. The maximum Gasteiger partial charge on any atom is 0.198 e. The molecule has 0 atom stereocenters. The molecule has 1 aromatic carbocycles. The van der Waals surface area contributed by atoms with Gasteiger partial charge in [-0.3, -0.25) is 0 Å². The molecule has 19 heavy (non-hydrogen) atoms. The number of hydrogen-bond donors (Lipinski definition) is 1. The maximum atomic E-state index is 5.09. The largest absolute Gasteiger partial charge is 0.428 e. The van der Waals surface area contributed by atoms with E-state index in [1.165, 1.54) is 0 Å². The minimum Gasteiger partial charge on any atom is -0.428 e. The molecule has 1 aromatic rings. The summed E-state index contributed by atoms with van der Waals surface area (Å²) in [6.07, 6.45) is 5.57. The van der Waals surface area contributed by atoms with Gasteiger partial charge >= 0.3 is 0 Å². The van der Waals surface area contributed by atoms with Crippen LogP contribution in [0.1, 0.15) is 0 Å². The first-order chi connectivity index (χ1) is 9.23. The summed E-state index contributed by atoms with van der Waals surface area (Å²) in [5.74, 6) is 1.51. The van der Waals surface area contributed by atoms with Gasteiger partial charge in [-0.05, 0) is 18.2 Å². The molecule has 0 spiro atoms. The first kappa shape index (κ1) is 16.4. The molecule has 99 valence electrons. The Balaban J connectivity index is 2.78. The lowest BCUT2D eigenvalue weighted by Crippen LogP contribution is -2.15. The molecule has 0 saturated heterocycles. The van der Waals surface area contributed by atoms with E-state index in [1.54, 1.807) is 13.1 Å². The summed E-state index contributed by atoms with van der Waals surface area (Å²) in [6.45, 7) is 3.80. The maximum absolute atomic E-state index is 5.09. The molecule has 0 saturated carbocycles. The Morgan fingerprint density at radius 1 is 1.26 bits per heavy atom. The van der Waals surface area contributed by atoms with Gasteiger partial charge in [0.1, 0.15) is 5.75 Å². The molecule has 0 aliphatic carbocycles. The summed E-state index contributed by atoms with van der Waals surface area (Å²) < 4.78 is 10.2. The van der Waals surface area contributed by atoms with E-state index in [4.69, 9.17) is 6.13 Å². The van der Waals surface area contributed by atoms with Crippen molar-refractivity contribution < 1.29 is 6.13 Å². The van der Waals surface area contributed by atoms with E-state index in [-0.39, 0.29) is 0 Å². The standard InChI is InChI=1S/C13H13BI2NO2/c1-3-10(6-9-13(17-2)19-16)14-11-4-7-12(18-15)8-5-11/h3-9,17H,1H2,2H3/b10-6+,13-9+. The van der Waals surface area contributed by atoms with Crippen LogP contribution in [0.5, 0.6) is 5.75 Å². The third-order valence-corrected chi connectivity index (χ3v) is 3.28. The fraction of sp³-hybridized carbons (Fsp3) is 0.0769. The van der Waals surface area contributed by atoms with Crippen molar-refractivity contribution in [2.75, 3.05) is 7.05 Å². The highest BCUT2D eigenvalue weighted by molar-refractivity contribution is 14.1. The molecule has 0 aliphatic heterocycles. The summed E-state index contributed by atoms with van der Waals surface area (Å²) in [7, 11) is 3.83. The van der Waals surface area contributed by atoms with Gasteiger partial charge in [0, 0.05) is 7.05 Å². The van der Waals surface area contributed by atoms with Crippen molar-refractivity contribution in [1.29, 1.82) is 0 Å². The number of benzene rings is 1. The Morgan fingerprint density at radius 3 is 2.42 bits per heavy atom. The van der Waals surface area contributed by atoms with E-state index in [1.807, 2.05) is 89.7 Å². The highest BCUT2D eigenvalue weighted by Gasteiger charge is 2.00. The fourth-order valence-corrected chi connectivity index (χ4v) is 1.96. The molecule has 0 bridgehead atoms. The molecule has 0 amide bonds. The van der Waals surface area contributed by atoms with Crippen LogP contribution >= 0.6 is 46.0 Å². The van der Waals surface area contributed by atoms with Gasteiger partial charge in [0.2, 0.25) is 0 Å². The molecule has 0 fully saturated rings. The second kappa shape index (κ2) is 9.30. The van der Waals surface area contributed by atoms with Crippen molar-refractivity contribution >= 4 is 58.8 Å². The van der Waals surface area contributed by atoms with Crippen LogP contribution in [-0.4, -0.2) is 14.3 Å². The molecule has 0 aliphatic rings. The summed E-state index contributed by atoms with van der Waals surface area (Å²) in [6, 6.07) is 7.81. The van der Waals surface area contributed by atoms with Crippen LogP contribution in [0, 0.1) is 0 Å². The first-order valence-electron chi connectivity index (χ1n) is 5.47. The normalized spacial score (nSPS) is 11.7. The average Bonchev–Trinajstić information content (AvgIpc) is 2.47. The molecular weight excluding hydrogens is 467 g/mol. The van der Waals surface area contributed by atoms with Crippen molar-refractivity contribution in [2.24, 2.45) is 0 Å². The topological polar surface area (TPSA) is 30.5 Å². The quantitative estimate of drug-likeness (QED) is 0.282. The molecule has 1 radical (unpaired) electrons. The summed E-state index contributed by atoms with van der Waals surface area (Å²) in [5, 5.41) is 2.93. The van der Waals surface area contributed by atoms with Crippen molar-refractivity contribution in [3.05, 3.63) is 60.4 Å². The van der Waals surface area contributed by atoms with Crippen molar-refractivity contribution in [3.63, 3.8) is 0 Å². The third-order valence-electron chi connectivity index (χ3n) is 2.29. The highest BCUT2D eigenvalue weighted by Crippen LogP contribution is 2.10. The zero-order valence-electron chi connectivity index (χ0n) is 10.4. The van der Waals surface area contributed by atoms with E-state index < -0.39 is 0 Å². The molecule has 3 nitrogen and oxygen atoms in total. The number of nitrogens with one attached hydrogen (secondary N) is 1. The predicted molar refractivity (Wildman–Crippen MR) is 97.0 cm³/mol. The molecular formula is C13H13BI2NO2. The predicted octanol–water partition coefficient (Wildman–Crippen LogP) is 3.24. The van der Waals surface area contributed by atoms with Crippen molar-refractivity contribution in [3.8, 4) is 5.75 Å². The lowest BCUT2D eigenvalue weighted by molar-refractivity contribution is 0.510. The Labute approximate surface area is 142 Å². The molecule has 0 unspecified atom stereocenters. The second-order valence-electron chi connectivity index (χ2n) is 3.52. The number of rotatable bonds is 7. The first-order valence-corrected chi connectivity index (χ1v) is 7.23. The summed E-state index contributed by atoms with van der Waals surface area (Å²) in [4.78, 5) is 0. The van der Waals surface area contributed by atoms with E-state index >= 15 is 0 Å². The van der Waals surface area contributed by atoms with E-state index in [0.29, 0.717) is 5.88 Å². The molecule has 0 heterocycles. The lowest BCUT2D eigenvalue weighted by atomic mass is 9.63. The van der Waals surface area contributed by atoms with Gasteiger partial charge in [0.15, 0.2) is 59.2 Å². The Morgan fingerprint density at radius 2 is 1.95 bits per heavy atom. The number of allylic oxidation sites excluding steroid dienone is 4. The van der Waals surface area contributed by atoms with Gasteiger partial charge in [0.05, 0.1) is 0 Å². The van der Waals surface area contributed by atoms with Crippen LogP contribution < -0.4 is 13.8 Å². The average molecular weight is 480 g/mol. The van der Waals surface area contributed by atoms with Crippen LogP contribution in [0.2, 0.25) is 0 Å². The Hall–Kier alpha value is -0.635. The van der Waals surface area contributed by atoms with Gasteiger partial charge in [-0.25, -0.2) is 0 Å². The summed E-state index contributed by atoms with van der Waals surface area (Å²) >= 11 is 3.69. The van der Waals surface area contributed by atoms with E-state index in [9.17, 15) is 0 Å². The van der Waals surface area contributed by atoms with Crippen molar-refractivity contribution in [1.82, 2.24) is 5.32 Å². The van der Waals surface area contributed by atoms with Gasteiger partial charge in [-0.1, -0.05) is 41.8 Å². The summed E-state index contributed by atoms with van der Waals surface area (Å²) in [5.41, 5.74) is 2.07. The van der Waals surface area contributed by atoms with Crippen LogP contribution in [0.25, 0.3) is 0 Å². The van der Waals surface area contributed by atoms with Gasteiger partial charge < -0.3 is 11.4 Å². The van der Waals surface area contributed by atoms with Crippen LogP contribution in [0.4, 0.5) is 0 Å². The smallest absolute Gasteiger partial charge is 0.198 e. The molecule has 1 rings (SSSR count). The van der Waals surface area contributed by atoms with E-state index in [0.717, 1.165) is 16.7 Å². The van der Waals surface area contributed by atoms with Gasteiger partial charge in [-0.2, -0.15) is 0 Å². The SMILES string of the molecule is C=C/C([B]c1ccc(OI)cc1)=C\C=C(/NC)OI. The fourth-order valence-electron chi connectivity index (χ4n) is 1.30. The zero-order chi connectivity index (χ0) is 14.1. The highest BCUT2D eigenvalue weighted by atomic mass is 127. The van der Waals surface area contributed by atoms with Crippen LogP contribution in [0.15, 0.2) is 60.4 Å². The minimum absolute atomic E-state index is 0.682. The number of halogens is 2. The van der Waals surface area contributed by atoms with Gasteiger partial charge in [-0.15, -0.1) is 0 Å². The lowest BCUT2D eigenvalue weighted by Gasteiger charge is -2.03. The Kier molecular flexibility index (Phi) is 8.03. The van der Waals surface area contributed by atoms with Gasteiger partial charge in [0.25, 0.3) is 0 Å². The Bertz CT molecular complexity index is 466.